The summed E-state index contributed by atoms with van der Waals surface area (Å²) in [7, 11) is 0. The monoisotopic (exact) mass is 366 g/mol. The van der Waals surface area contributed by atoms with Crippen LogP contribution in [-0.4, -0.2) is 38.7 Å². The highest BCUT2D eigenvalue weighted by molar-refractivity contribution is 5.76. The number of hydrogen-bond donors (Lipinski definition) is 0. The first-order chi connectivity index (χ1) is 13.3. The summed E-state index contributed by atoms with van der Waals surface area (Å²) in [5, 5.41) is 8.46. The molecule has 1 atom stereocenters. The molecule has 2 heterocycles. The van der Waals surface area contributed by atoms with E-state index in [1.54, 1.807) is 0 Å². The van der Waals surface area contributed by atoms with Gasteiger partial charge in [0.05, 0.1) is 6.54 Å². The van der Waals surface area contributed by atoms with Crippen molar-refractivity contribution in [3.8, 4) is 0 Å². The molecule has 1 aromatic heterocycles. The zero-order valence-corrected chi connectivity index (χ0v) is 16.1. The molecule has 0 spiro atoms. The highest BCUT2D eigenvalue weighted by Gasteiger charge is 2.28. The van der Waals surface area contributed by atoms with E-state index in [1.165, 1.54) is 31.2 Å². The van der Waals surface area contributed by atoms with E-state index in [-0.39, 0.29) is 0 Å². The van der Waals surface area contributed by atoms with Crippen LogP contribution in [0.1, 0.15) is 56.3 Å². The predicted octanol–water partition coefficient (Wildman–Crippen LogP) is 3.69. The fraction of sp³-hybridized carbons (Fsp3) is 0.591. The lowest BCUT2D eigenvalue weighted by Gasteiger charge is -2.18. The van der Waals surface area contributed by atoms with Crippen LogP contribution in [0.2, 0.25) is 0 Å². The Kier molecular flexibility index (Phi) is 5.85. The topological polar surface area (TPSA) is 51.0 Å². The van der Waals surface area contributed by atoms with Crippen LogP contribution in [-0.2, 0) is 17.8 Å². The summed E-state index contributed by atoms with van der Waals surface area (Å²) in [4.78, 5) is 14.6. The summed E-state index contributed by atoms with van der Waals surface area (Å²) in [5.74, 6) is 2.68. The molecule has 144 valence electrons. The molecule has 1 aliphatic carbocycles. The van der Waals surface area contributed by atoms with Crippen molar-refractivity contribution in [1.82, 2.24) is 19.7 Å². The van der Waals surface area contributed by atoms with Gasteiger partial charge in [0.2, 0.25) is 5.91 Å². The average Bonchev–Trinajstić information content (AvgIpc) is 3.44. The van der Waals surface area contributed by atoms with Crippen molar-refractivity contribution in [3.05, 3.63) is 48.0 Å². The van der Waals surface area contributed by atoms with Crippen molar-refractivity contribution in [2.45, 2.75) is 57.9 Å². The second-order valence-corrected chi connectivity index (χ2v) is 8.25. The van der Waals surface area contributed by atoms with Crippen molar-refractivity contribution in [1.29, 1.82) is 0 Å². The number of benzene rings is 1. The van der Waals surface area contributed by atoms with Gasteiger partial charge >= 0.3 is 0 Å². The molecule has 0 bridgehead atoms. The SMILES string of the molecule is O=C(CCC1CCCC1)N1CCC(Cc2nncn2Cc2ccccc2)C1. The Labute approximate surface area is 161 Å². The van der Waals surface area contributed by atoms with E-state index >= 15 is 0 Å². The summed E-state index contributed by atoms with van der Waals surface area (Å²) >= 11 is 0. The Bertz CT molecular complexity index is 736. The van der Waals surface area contributed by atoms with Crippen molar-refractivity contribution in [2.24, 2.45) is 11.8 Å². The maximum Gasteiger partial charge on any atom is 0.222 e. The number of carbonyl (C=O) groups is 1. The second kappa shape index (κ2) is 8.68. The summed E-state index contributed by atoms with van der Waals surface area (Å²) in [6.45, 7) is 2.59. The molecular formula is C22H30N4O. The molecule has 2 aromatic rings. The van der Waals surface area contributed by atoms with Gasteiger partial charge in [-0.3, -0.25) is 4.79 Å². The number of hydrogen-bond acceptors (Lipinski definition) is 3. The summed E-state index contributed by atoms with van der Waals surface area (Å²) in [6.07, 6.45) is 11.0. The van der Waals surface area contributed by atoms with Crippen LogP contribution < -0.4 is 0 Å². The van der Waals surface area contributed by atoms with Crippen LogP contribution in [0.5, 0.6) is 0 Å². The summed E-state index contributed by atoms with van der Waals surface area (Å²) in [5.41, 5.74) is 1.26. The van der Waals surface area contributed by atoms with Gasteiger partial charge in [-0.05, 0) is 30.2 Å². The van der Waals surface area contributed by atoms with Gasteiger partial charge in [-0.15, -0.1) is 10.2 Å². The molecule has 27 heavy (non-hydrogen) atoms. The van der Waals surface area contributed by atoms with Gasteiger partial charge < -0.3 is 9.47 Å². The lowest BCUT2D eigenvalue weighted by molar-refractivity contribution is -0.130. The third-order valence-electron chi connectivity index (χ3n) is 6.24. The normalized spacial score (nSPS) is 20.4. The fourth-order valence-electron chi connectivity index (χ4n) is 4.62. The first-order valence-corrected chi connectivity index (χ1v) is 10.5. The Morgan fingerprint density at radius 3 is 2.70 bits per heavy atom. The molecule has 2 fully saturated rings. The average molecular weight is 367 g/mol. The van der Waals surface area contributed by atoms with Crippen LogP contribution in [0, 0.1) is 11.8 Å². The maximum atomic E-state index is 12.6. The van der Waals surface area contributed by atoms with Gasteiger partial charge in [-0.2, -0.15) is 0 Å². The smallest absolute Gasteiger partial charge is 0.222 e. The first-order valence-electron chi connectivity index (χ1n) is 10.5. The van der Waals surface area contributed by atoms with Crippen molar-refractivity contribution in [3.63, 3.8) is 0 Å². The van der Waals surface area contributed by atoms with Gasteiger partial charge in [-0.25, -0.2) is 0 Å². The lowest BCUT2D eigenvalue weighted by atomic mass is 10.0. The number of carbonyl (C=O) groups excluding carboxylic acids is 1. The largest absolute Gasteiger partial charge is 0.342 e. The zero-order chi connectivity index (χ0) is 18.5. The first kappa shape index (κ1) is 18.2. The quantitative estimate of drug-likeness (QED) is 0.751. The molecule has 5 heteroatoms. The van der Waals surface area contributed by atoms with Crippen LogP contribution in [0.4, 0.5) is 0 Å². The molecule has 1 aromatic carbocycles. The second-order valence-electron chi connectivity index (χ2n) is 8.25. The maximum absolute atomic E-state index is 12.6. The molecule has 0 radical (unpaired) electrons. The molecular weight excluding hydrogens is 336 g/mol. The van der Waals surface area contributed by atoms with E-state index in [2.05, 4.69) is 43.9 Å². The minimum absolute atomic E-state index is 0.357. The molecule has 0 N–H and O–H groups in total. The van der Waals surface area contributed by atoms with Gasteiger partial charge in [0.25, 0.3) is 0 Å². The van der Waals surface area contributed by atoms with E-state index in [1.807, 2.05) is 12.4 Å². The molecule has 1 saturated carbocycles. The Hall–Kier alpha value is -2.17. The van der Waals surface area contributed by atoms with E-state index in [9.17, 15) is 4.79 Å². The van der Waals surface area contributed by atoms with E-state index in [0.29, 0.717) is 11.8 Å². The Morgan fingerprint density at radius 1 is 1.07 bits per heavy atom. The predicted molar refractivity (Wildman–Crippen MR) is 105 cm³/mol. The molecule has 1 amide bonds. The van der Waals surface area contributed by atoms with Gasteiger partial charge in [0.15, 0.2) is 0 Å². The molecule has 4 rings (SSSR count). The molecule has 1 aliphatic heterocycles. The Balaban J connectivity index is 1.27. The summed E-state index contributed by atoms with van der Waals surface area (Å²) in [6, 6.07) is 10.4. The number of rotatable bonds is 7. The fourth-order valence-corrected chi connectivity index (χ4v) is 4.62. The minimum Gasteiger partial charge on any atom is -0.342 e. The summed E-state index contributed by atoms with van der Waals surface area (Å²) < 4.78 is 2.14. The highest BCUT2D eigenvalue weighted by atomic mass is 16.2. The molecule has 2 aliphatic rings. The van der Waals surface area contributed by atoms with Crippen molar-refractivity contribution >= 4 is 5.91 Å². The third kappa shape index (κ3) is 4.76. The van der Waals surface area contributed by atoms with Crippen molar-refractivity contribution < 1.29 is 4.79 Å². The van der Waals surface area contributed by atoms with E-state index in [4.69, 9.17) is 0 Å². The van der Waals surface area contributed by atoms with E-state index < -0.39 is 0 Å². The number of likely N-dealkylation sites (tertiary alicyclic amines) is 1. The minimum atomic E-state index is 0.357. The van der Waals surface area contributed by atoms with E-state index in [0.717, 1.165) is 57.1 Å². The van der Waals surface area contributed by atoms with Crippen LogP contribution in [0.15, 0.2) is 36.7 Å². The number of nitrogens with zero attached hydrogens (tertiary/aromatic N) is 4. The molecule has 1 saturated heterocycles. The molecule has 1 unspecified atom stereocenters. The van der Waals surface area contributed by atoms with Gasteiger partial charge in [-0.1, -0.05) is 56.0 Å². The van der Waals surface area contributed by atoms with Crippen molar-refractivity contribution in [2.75, 3.05) is 13.1 Å². The molecule has 5 nitrogen and oxygen atoms in total. The standard InChI is InChI=1S/C22H30N4O/c27-22(11-10-18-6-4-5-7-18)25-13-12-20(16-25)14-21-24-23-17-26(21)15-19-8-2-1-3-9-19/h1-3,8-9,17-18,20H,4-7,10-16H2. The van der Waals surface area contributed by atoms with Crippen LogP contribution in [0.25, 0.3) is 0 Å². The zero-order valence-electron chi connectivity index (χ0n) is 16.1. The number of aromatic nitrogens is 3. The third-order valence-corrected chi connectivity index (χ3v) is 6.24. The van der Waals surface area contributed by atoms with Gasteiger partial charge in [0.1, 0.15) is 12.2 Å². The number of amides is 1. The Morgan fingerprint density at radius 2 is 1.89 bits per heavy atom. The van der Waals surface area contributed by atoms with Gasteiger partial charge in [0, 0.05) is 25.9 Å². The highest BCUT2D eigenvalue weighted by Crippen LogP contribution is 2.29. The van der Waals surface area contributed by atoms with Crippen LogP contribution >= 0.6 is 0 Å². The lowest BCUT2D eigenvalue weighted by Crippen LogP contribution is -2.29. The van der Waals surface area contributed by atoms with Crippen LogP contribution in [0.3, 0.4) is 0 Å².